The topological polar surface area (TPSA) is 26.3 Å². The fraction of sp³-hybridized carbons (Fsp3) is 0.308. The second kappa shape index (κ2) is 6.36. The number of hydrogen-bond donors (Lipinski definition) is 0. The predicted molar refractivity (Wildman–Crippen MR) is 77.1 cm³/mol. The van der Waals surface area contributed by atoms with Crippen LogP contribution in [0.15, 0.2) is 34.8 Å². The molecule has 0 radical (unpaired) electrons. The number of rotatable bonds is 4. The lowest BCUT2D eigenvalue weighted by Gasteiger charge is -2.13. The highest BCUT2D eigenvalue weighted by atomic mass is 79.9. The lowest BCUT2D eigenvalue weighted by Crippen LogP contribution is -2.26. The molecule has 0 N–H and O–H groups in total. The van der Waals surface area contributed by atoms with Gasteiger partial charge in [0, 0.05) is 4.47 Å². The molecule has 17 heavy (non-hydrogen) atoms. The maximum absolute atomic E-state index is 11.4. The van der Waals surface area contributed by atoms with E-state index in [1.807, 2.05) is 36.4 Å². The molecule has 92 valence electrons. The van der Waals surface area contributed by atoms with Crippen LogP contribution in [0.5, 0.6) is 0 Å². The van der Waals surface area contributed by atoms with Crippen LogP contribution < -0.4 is 0 Å². The maximum atomic E-state index is 11.4. The molecule has 0 saturated heterocycles. The van der Waals surface area contributed by atoms with Gasteiger partial charge in [-0.3, -0.25) is 4.79 Å². The molecule has 0 saturated carbocycles. The summed E-state index contributed by atoms with van der Waals surface area (Å²) in [5, 5.41) is 0. The minimum atomic E-state index is -0.627. The minimum Gasteiger partial charge on any atom is -0.460 e. The Labute approximate surface area is 118 Å². The van der Waals surface area contributed by atoms with Gasteiger partial charge in [0.25, 0.3) is 0 Å². The third kappa shape index (κ3) is 5.50. The molecule has 0 bridgehead atoms. The van der Waals surface area contributed by atoms with Gasteiger partial charge in [0.1, 0.15) is 10.9 Å². The van der Waals surface area contributed by atoms with Crippen LogP contribution >= 0.6 is 31.9 Å². The summed E-state index contributed by atoms with van der Waals surface area (Å²) in [5.41, 5.74) is 1.07. The molecular weight excluding hydrogens is 348 g/mol. The quantitative estimate of drug-likeness (QED) is 0.594. The molecule has 0 aromatic heterocycles. The Bertz CT molecular complexity index is 402. The van der Waals surface area contributed by atoms with Crippen molar-refractivity contribution in [3.05, 3.63) is 40.4 Å². The number of halogens is 2. The lowest BCUT2D eigenvalue weighted by molar-refractivity contribution is -0.144. The van der Waals surface area contributed by atoms with Crippen LogP contribution in [0.3, 0.4) is 0 Å². The summed E-state index contributed by atoms with van der Waals surface area (Å²) in [6.45, 7) is 3.80. The Balaban J connectivity index is 2.41. The first-order valence-electron chi connectivity index (χ1n) is 5.18. The summed E-state index contributed by atoms with van der Waals surface area (Å²) >= 11 is 6.61. The fourth-order valence-electron chi connectivity index (χ4n) is 1.05. The zero-order chi connectivity index (χ0) is 12.9. The molecule has 1 aromatic carbocycles. The average Bonchev–Trinajstić information content (AvgIpc) is 2.25. The van der Waals surface area contributed by atoms with E-state index in [1.165, 1.54) is 0 Å². The summed E-state index contributed by atoms with van der Waals surface area (Å²) < 4.78 is 5.49. The molecule has 4 heteroatoms. The number of carbonyl (C=O) groups excluding carboxylic acids is 1. The van der Waals surface area contributed by atoms with Gasteiger partial charge >= 0.3 is 5.97 Å². The highest BCUT2D eigenvalue weighted by Gasteiger charge is 2.24. The van der Waals surface area contributed by atoms with Gasteiger partial charge < -0.3 is 4.74 Å². The van der Waals surface area contributed by atoms with Gasteiger partial charge in [-0.2, -0.15) is 0 Å². The van der Waals surface area contributed by atoms with Crippen molar-refractivity contribution >= 4 is 43.9 Å². The van der Waals surface area contributed by atoms with Crippen LogP contribution in [0.4, 0.5) is 0 Å². The molecular formula is C13H14Br2O2. The molecule has 0 spiro atoms. The van der Waals surface area contributed by atoms with Crippen LogP contribution in [0.25, 0.3) is 6.08 Å². The fourth-order valence-corrected chi connectivity index (χ4v) is 1.43. The predicted octanol–water partition coefficient (Wildman–Crippen LogP) is 4.18. The normalized spacial score (nSPS) is 11.8. The van der Waals surface area contributed by atoms with Crippen molar-refractivity contribution in [2.45, 2.75) is 18.2 Å². The smallest absolute Gasteiger partial charge is 0.322 e. The first-order valence-corrected chi connectivity index (χ1v) is 6.76. The summed E-state index contributed by atoms with van der Waals surface area (Å²) in [5.74, 6) is -0.266. The van der Waals surface area contributed by atoms with E-state index in [2.05, 4.69) is 31.9 Å². The summed E-state index contributed by atoms with van der Waals surface area (Å²) in [6.07, 6.45) is 3.74. The largest absolute Gasteiger partial charge is 0.460 e. The van der Waals surface area contributed by atoms with Gasteiger partial charge in [-0.25, -0.2) is 0 Å². The number of ether oxygens (including phenoxy) is 1. The number of hydrogen-bond acceptors (Lipinski definition) is 2. The molecule has 0 aliphatic rings. The highest BCUT2D eigenvalue weighted by molar-refractivity contribution is 9.10. The van der Waals surface area contributed by atoms with Crippen molar-refractivity contribution in [2.24, 2.45) is 0 Å². The van der Waals surface area contributed by atoms with E-state index in [1.54, 1.807) is 13.8 Å². The van der Waals surface area contributed by atoms with Crippen molar-refractivity contribution in [3.8, 4) is 0 Å². The van der Waals surface area contributed by atoms with Crippen molar-refractivity contribution in [1.29, 1.82) is 0 Å². The van der Waals surface area contributed by atoms with Gasteiger partial charge in [0.15, 0.2) is 0 Å². The first-order chi connectivity index (χ1) is 7.89. The molecule has 0 aliphatic carbocycles. The Morgan fingerprint density at radius 2 is 1.94 bits per heavy atom. The second-order valence-corrected chi connectivity index (χ2v) is 6.92. The maximum Gasteiger partial charge on any atom is 0.322 e. The summed E-state index contributed by atoms with van der Waals surface area (Å²) in [4.78, 5) is 11.4. The van der Waals surface area contributed by atoms with E-state index in [9.17, 15) is 4.79 Å². The van der Waals surface area contributed by atoms with Crippen molar-refractivity contribution < 1.29 is 9.53 Å². The third-order valence-electron chi connectivity index (χ3n) is 1.98. The molecule has 1 rings (SSSR count). The summed E-state index contributed by atoms with van der Waals surface area (Å²) in [6, 6.07) is 7.90. The highest BCUT2D eigenvalue weighted by Crippen LogP contribution is 2.17. The average molecular weight is 362 g/mol. The zero-order valence-corrected chi connectivity index (χ0v) is 12.9. The Morgan fingerprint density at radius 1 is 1.35 bits per heavy atom. The van der Waals surface area contributed by atoms with Gasteiger partial charge in [0.2, 0.25) is 0 Å². The standard InChI is InChI=1S/C13H14Br2O2/c1-13(2,15)12(16)17-9-3-4-10-5-7-11(14)8-6-10/h3-8H,9H2,1-2H3/b4-3+. The van der Waals surface area contributed by atoms with E-state index in [0.29, 0.717) is 0 Å². The van der Waals surface area contributed by atoms with Gasteiger partial charge in [-0.05, 0) is 37.6 Å². The first kappa shape index (κ1) is 14.5. The Kier molecular flexibility index (Phi) is 5.40. The molecule has 0 heterocycles. The lowest BCUT2D eigenvalue weighted by atomic mass is 10.2. The van der Waals surface area contributed by atoms with Gasteiger partial charge in [0.05, 0.1) is 0 Å². The number of esters is 1. The monoisotopic (exact) mass is 360 g/mol. The van der Waals surface area contributed by atoms with Crippen LogP contribution in [-0.2, 0) is 9.53 Å². The third-order valence-corrected chi connectivity index (χ3v) is 2.83. The zero-order valence-electron chi connectivity index (χ0n) is 9.74. The van der Waals surface area contributed by atoms with Crippen LogP contribution in [0, 0.1) is 0 Å². The molecule has 1 aromatic rings. The number of carbonyl (C=O) groups is 1. The Morgan fingerprint density at radius 3 is 2.47 bits per heavy atom. The Hall–Kier alpha value is -0.610. The van der Waals surface area contributed by atoms with E-state index < -0.39 is 4.32 Å². The number of benzene rings is 1. The van der Waals surface area contributed by atoms with E-state index >= 15 is 0 Å². The van der Waals surface area contributed by atoms with Crippen molar-refractivity contribution in [1.82, 2.24) is 0 Å². The number of alkyl halides is 1. The van der Waals surface area contributed by atoms with E-state index in [4.69, 9.17) is 4.74 Å². The van der Waals surface area contributed by atoms with Crippen molar-refractivity contribution in [2.75, 3.05) is 6.61 Å². The molecule has 0 fully saturated rings. The minimum absolute atomic E-state index is 0.266. The molecule has 0 unspecified atom stereocenters. The van der Waals surface area contributed by atoms with Crippen LogP contribution in [0.2, 0.25) is 0 Å². The molecule has 2 nitrogen and oxygen atoms in total. The SMILES string of the molecule is CC(C)(Br)C(=O)OC/C=C/c1ccc(Br)cc1. The molecule has 0 amide bonds. The van der Waals surface area contributed by atoms with Crippen molar-refractivity contribution in [3.63, 3.8) is 0 Å². The van der Waals surface area contributed by atoms with E-state index in [0.717, 1.165) is 10.0 Å². The van der Waals surface area contributed by atoms with Gasteiger partial charge in [-0.1, -0.05) is 50.1 Å². The van der Waals surface area contributed by atoms with Crippen LogP contribution in [-0.4, -0.2) is 16.9 Å². The summed E-state index contributed by atoms with van der Waals surface area (Å²) in [7, 11) is 0. The van der Waals surface area contributed by atoms with Gasteiger partial charge in [-0.15, -0.1) is 0 Å². The second-order valence-electron chi connectivity index (χ2n) is 4.02. The van der Waals surface area contributed by atoms with Crippen LogP contribution in [0.1, 0.15) is 19.4 Å². The van der Waals surface area contributed by atoms with E-state index in [-0.39, 0.29) is 12.6 Å². The molecule has 0 atom stereocenters. The molecule has 0 aliphatic heterocycles.